The quantitative estimate of drug-likeness (QED) is 0.0169. The van der Waals surface area contributed by atoms with Crippen LogP contribution in [0.5, 0.6) is 0 Å². The molecule has 100 heavy (non-hydrogen) atoms. The van der Waals surface area contributed by atoms with Crippen LogP contribution in [0.2, 0.25) is 0 Å². The average Bonchev–Trinajstić information content (AvgIpc) is 0.953. The van der Waals surface area contributed by atoms with E-state index in [9.17, 15) is 43.2 Å². The molecule has 0 fully saturated rings. The highest BCUT2D eigenvalue weighted by Crippen LogP contribution is 2.45. The number of phosphoric acid groups is 2. The van der Waals surface area contributed by atoms with Gasteiger partial charge in [-0.2, -0.15) is 0 Å². The van der Waals surface area contributed by atoms with Gasteiger partial charge in [0.2, 0.25) is 0 Å². The summed E-state index contributed by atoms with van der Waals surface area (Å²) in [6.07, 6.45) is 81.5. The summed E-state index contributed by atoms with van der Waals surface area (Å²) in [6, 6.07) is 0. The van der Waals surface area contributed by atoms with Crippen molar-refractivity contribution in [3.05, 3.63) is 146 Å². The summed E-state index contributed by atoms with van der Waals surface area (Å²) in [6.45, 7) is 4.45. The molecule has 0 aliphatic heterocycles. The Bertz CT molecular complexity index is 2470. The van der Waals surface area contributed by atoms with Crippen molar-refractivity contribution in [1.29, 1.82) is 0 Å². The lowest BCUT2D eigenvalue weighted by Gasteiger charge is -2.21. The van der Waals surface area contributed by atoms with Gasteiger partial charge in [-0.3, -0.25) is 37.3 Å². The molecule has 0 aliphatic carbocycles. The first-order valence-electron chi connectivity index (χ1n) is 38.1. The summed E-state index contributed by atoms with van der Waals surface area (Å²) in [7, 11) is -9.99. The molecule has 0 saturated carbocycles. The number of rotatable bonds is 70. The Morgan fingerprint density at radius 2 is 0.540 bits per heavy atom. The monoisotopic (exact) mass is 1440 g/mol. The van der Waals surface area contributed by atoms with Gasteiger partial charge < -0.3 is 33.8 Å². The molecule has 0 aromatic carbocycles. The largest absolute Gasteiger partial charge is 0.472 e. The Labute approximate surface area is 605 Å². The van der Waals surface area contributed by atoms with E-state index in [1.165, 1.54) is 57.8 Å². The molecular weight excluding hydrogens is 1310 g/mol. The van der Waals surface area contributed by atoms with Gasteiger partial charge in [0.1, 0.15) is 19.3 Å². The first-order valence-corrected chi connectivity index (χ1v) is 41.1. The number of allylic oxidation sites excluding steroid dienone is 24. The average molecular weight is 1440 g/mol. The van der Waals surface area contributed by atoms with E-state index in [4.69, 9.17) is 37.0 Å². The van der Waals surface area contributed by atoms with Crippen LogP contribution in [0.4, 0.5) is 0 Å². The smallest absolute Gasteiger partial charge is 0.462 e. The maximum absolute atomic E-state index is 13.1. The third kappa shape index (κ3) is 71.3. The molecule has 0 rings (SSSR count). The van der Waals surface area contributed by atoms with E-state index in [-0.39, 0.29) is 25.7 Å². The summed E-state index contributed by atoms with van der Waals surface area (Å²) < 4.78 is 68.3. The van der Waals surface area contributed by atoms with Crippen LogP contribution in [0.25, 0.3) is 0 Å². The summed E-state index contributed by atoms with van der Waals surface area (Å²) in [5, 5.41) is 10.6. The summed E-state index contributed by atoms with van der Waals surface area (Å²) in [4.78, 5) is 72.8. The molecule has 0 aliphatic rings. The molecule has 0 saturated heterocycles. The Morgan fingerprint density at radius 3 is 0.900 bits per heavy atom. The molecule has 0 amide bonds. The minimum absolute atomic E-state index is 0.0332. The van der Waals surface area contributed by atoms with Gasteiger partial charge in [-0.1, -0.05) is 270 Å². The lowest BCUT2D eigenvalue weighted by molar-refractivity contribution is -0.161. The molecule has 17 nitrogen and oxygen atoms in total. The van der Waals surface area contributed by atoms with E-state index in [1.807, 2.05) is 18.2 Å². The van der Waals surface area contributed by atoms with Gasteiger partial charge in [-0.15, -0.1) is 0 Å². The highest BCUT2D eigenvalue weighted by atomic mass is 31.2. The molecule has 0 heterocycles. The zero-order valence-electron chi connectivity index (χ0n) is 62.1. The van der Waals surface area contributed by atoms with Gasteiger partial charge in [0.05, 0.1) is 26.4 Å². The van der Waals surface area contributed by atoms with E-state index in [0.717, 1.165) is 141 Å². The van der Waals surface area contributed by atoms with Crippen molar-refractivity contribution in [2.24, 2.45) is 0 Å². The van der Waals surface area contributed by atoms with E-state index in [2.05, 4.69) is 155 Å². The molecule has 0 radical (unpaired) electrons. The minimum Gasteiger partial charge on any atom is -0.462 e. The van der Waals surface area contributed by atoms with Crippen LogP contribution in [0.3, 0.4) is 0 Å². The van der Waals surface area contributed by atoms with Crippen molar-refractivity contribution in [3.63, 3.8) is 0 Å². The van der Waals surface area contributed by atoms with E-state index in [1.54, 1.807) is 0 Å². The number of aliphatic hydroxyl groups is 1. The zero-order chi connectivity index (χ0) is 73.2. The van der Waals surface area contributed by atoms with Crippen LogP contribution in [0.15, 0.2) is 146 Å². The first kappa shape index (κ1) is 94.9. The standard InChI is InChI=1S/C81H134O17P2/c1-5-9-13-17-21-25-29-32-35-36-37-38-41-43-47-50-54-58-62-66-79(84)91-71-76(97-80(85)67-63-59-55-51-45-28-24-20-16-12-8-4)73-95-99(87,88)93-69-75(82)70-94-100(89,90)96-74-77(98-81(86)68-64-60-56-52-48-44-40-34-31-27-23-19-15-11-7-3)72-92-78(83)65-61-57-53-49-46-42-39-33-30-26-22-18-14-10-6-2/h9-10,13-14,21-23,25-27,32-35,37-40,43,46-47,49,54,58,75-77,82H,5-8,11-12,15-20,24,28-31,36,41-42,44-45,48,50-53,55-57,59-74H2,1-4H3,(H,87,88)(H,89,90)/b13-9-,14-10-,25-21-,26-22-,27-23-,35-32-,38-37-,39-33-,40-34-,47-43-,49-46-,58-54-. The second-order valence-electron chi connectivity index (χ2n) is 24.8. The van der Waals surface area contributed by atoms with Gasteiger partial charge in [0, 0.05) is 25.7 Å². The van der Waals surface area contributed by atoms with Crippen LogP contribution in [0, 0.1) is 0 Å². The maximum atomic E-state index is 13.1. The van der Waals surface area contributed by atoms with Crippen LogP contribution >= 0.6 is 15.6 Å². The molecule has 5 atom stereocenters. The lowest BCUT2D eigenvalue weighted by Crippen LogP contribution is -2.30. The third-order valence-electron chi connectivity index (χ3n) is 15.3. The Morgan fingerprint density at radius 1 is 0.290 bits per heavy atom. The number of hydrogen-bond donors (Lipinski definition) is 3. The van der Waals surface area contributed by atoms with Gasteiger partial charge in [0.25, 0.3) is 0 Å². The number of ether oxygens (including phenoxy) is 4. The Kier molecular flexibility index (Phi) is 68.6. The predicted octanol–water partition coefficient (Wildman–Crippen LogP) is 21.9. The van der Waals surface area contributed by atoms with Crippen LogP contribution in [0.1, 0.15) is 285 Å². The molecule has 0 aromatic rings. The van der Waals surface area contributed by atoms with Crippen LogP contribution in [-0.4, -0.2) is 96.7 Å². The van der Waals surface area contributed by atoms with Crippen molar-refractivity contribution < 1.29 is 80.2 Å². The topological polar surface area (TPSA) is 237 Å². The number of carbonyl (C=O) groups is 4. The van der Waals surface area contributed by atoms with E-state index < -0.39 is 97.5 Å². The fourth-order valence-corrected chi connectivity index (χ4v) is 11.1. The third-order valence-corrected chi connectivity index (χ3v) is 17.2. The fraction of sp³-hybridized carbons (Fsp3) is 0.654. The summed E-state index contributed by atoms with van der Waals surface area (Å²) in [5.41, 5.74) is 0. The zero-order valence-corrected chi connectivity index (χ0v) is 63.9. The minimum atomic E-state index is -4.99. The number of hydrogen-bond acceptors (Lipinski definition) is 15. The predicted molar refractivity (Wildman–Crippen MR) is 408 cm³/mol. The van der Waals surface area contributed by atoms with Crippen molar-refractivity contribution in [2.75, 3.05) is 39.6 Å². The van der Waals surface area contributed by atoms with Crippen molar-refractivity contribution in [3.8, 4) is 0 Å². The molecule has 570 valence electrons. The second-order valence-corrected chi connectivity index (χ2v) is 27.7. The van der Waals surface area contributed by atoms with Crippen LogP contribution < -0.4 is 0 Å². The van der Waals surface area contributed by atoms with Gasteiger partial charge in [-0.25, -0.2) is 9.13 Å². The fourth-order valence-electron chi connectivity index (χ4n) is 9.56. The summed E-state index contributed by atoms with van der Waals surface area (Å²) in [5.74, 6) is -2.34. The molecule has 0 spiro atoms. The highest BCUT2D eigenvalue weighted by Gasteiger charge is 2.30. The Hall–Kier alpha value is -5.06. The number of esters is 4. The number of unbranched alkanes of at least 4 members (excludes halogenated alkanes) is 20. The number of phosphoric ester groups is 2. The van der Waals surface area contributed by atoms with Crippen LogP contribution in [-0.2, 0) is 65.4 Å². The van der Waals surface area contributed by atoms with Crippen molar-refractivity contribution >= 4 is 39.5 Å². The van der Waals surface area contributed by atoms with Gasteiger partial charge in [0.15, 0.2) is 12.2 Å². The molecular formula is C81H134O17P2. The molecule has 0 aromatic heterocycles. The van der Waals surface area contributed by atoms with Crippen molar-refractivity contribution in [1.82, 2.24) is 0 Å². The SMILES string of the molecule is CC/C=C\C/C=C\C/C=C\C/C=C\C/C=C\C/C=C\CCC(=O)OCC(COP(=O)(O)OCC(O)COP(=O)(O)OCC(COC(=O)CCCC/C=C\C/C=C\C/C=C\C/C=C\CC)OC(=O)CCCCCCC/C=C\C/C=C\CCCCC)OC(=O)CCCCCCCCCCCCC. The molecule has 19 heteroatoms. The van der Waals surface area contributed by atoms with Gasteiger partial charge in [-0.05, 0) is 135 Å². The maximum Gasteiger partial charge on any atom is 0.472 e. The number of carbonyl (C=O) groups excluding carboxylic acids is 4. The van der Waals surface area contributed by atoms with Gasteiger partial charge >= 0.3 is 39.5 Å². The lowest BCUT2D eigenvalue weighted by atomic mass is 10.1. The van der Waals surface area contributed by atoms with Crippen molar-refractivity contribution in [2.45, 2.75) is 303 Å². The van der Waals surface area contributed by atoms with E-state index >= 15 is 0 Å². The summed E-state index contributed by atoms with van der Waals surface area (Å²) >= 11 is 0. The first-order chi connectivity index (χ1) is 48.7. The van der Waals surface area contributed by atoms with E-state index in [0.29, 0.717) is 32.1 Å². The Balaban J connectivity index is 5.43. The highest BCUT2D eigenvalue weighted by molar-refractivity contribution is 7.47. The number of aliphatic hydroxyl groups excluding tert-OH is 1. The molecule has 0 bridgehead atoms. The molecule has 3 N–H and O–H groups in total. The second kappa shape index (κ2) is 72.3. The molecule has 5 unspecified atom stereocenters. The normalized spacial score (nSPS) is 14.8.